The fourth-order valence-electron chi connectivity index (χ4n) is 2.87. The number of nitrogens with two attached hydrogens (primary N) is 1. The van der Waals surface area contributed by atoms with Gasteiger partial charge in [0, 0.05) is 18.0 Å². The summed E-state index contributed by atoms with van der Waals surface area (Å²) >= 11 is 0. The Bertz CT molecular complexity index is 791. The second kappa shape index (κ2) is 4.60. The zero-order chi connectivity index (χ0) is 14.3. The molecule has 6 nitrogen and oxygen atoms in total. The summed E-state index contributed by atoms with van der Waals surface area (Å²) < 4.78 is 5.39. The minimum Gasteiger partial charge on any atom is -0.334 e. The Hall–Kier alpha value is -2.34. The van der Waals surface area contributed by atoms with Crippen LogP contribution in [0.15, 0.2) is 35.1 Å². The smallest absolute Gasteiger partial charge is 0.258 e. The first-order valence-electron chi connectivity index (χ1n) is 7.09. The molecule has 1 aromatic carbocycles. The maximum atomic E-state index is 6.35. The summed E-state index contributed by atoms with van der Waals surface area (Å²) in [5.41, 5.74) is 8.40. The van der Waals surface area contributed by atoms with E-state index in [1.54, 1.807) is 12.4 Å². The van der Waals surface area contributed by atoms with Gasteiger partial charge in [0.2, 0.25) is 0 Å². The molecule has 0 bridgehead atoms. The molecule has 0 radical (unpaired) electrons. The number of rotatable bonds is 2. The lowest BCUT2D eigenvalue weighted by molar-refractivity contribution is 0.372. The molecule has 1 fully saturated rings. The monoisotopic (exact) mass is 281 g/mol. The molecule has 0 atom stereocenters. The van der Waals surface area contributed by atoms with Gasteiger partial charge in [-0.05, 0) is 31.0 Å². The lowest BCUT2D eigenvalue weighted by Crippen LogP contribution is -2.34. The second-order valence-corrected chi connectivity index (χ2v) is 5.55. The van der Waals surface area contributed by atoms with Crippen LogP contribution in [-0.4, -0.2) is 20.1 Å². The lowest BCUT2D eigenvalue weighted by atomic mass is 9.99. The maximum absolute atomic E-state index is 6.35. The molecule has 2 aromatic heterocycles. The molecule has 0 spiro atoms. The standard InChI is InChI=1S/C15H15N5O/c16-15(5-1-2-6-15)14-19-13(21-20-14)10-3-4-11-12(9-10)18-8-7-17-11/h3-4,7-9H,1-2,5-6,16H2. The zero-order valence-corrected chi connectivity index (χ0v) is 11.5. The van der Waals surface area contributed by atoms with E-state index in [-0.39, 0.29) is 0 Å². The summed E-state index contributed by atoms with van der Waals surface area (Å²) in [7, 11) is 0. The van der Waals surface area contributed by atoms with E-state index in [1.165, 1.54) is 0 Å². The molecule has 2 N–H and O–H groups in total. The van der Waals surface area contributed by atoms with Gasteiger partial charge in [-0.1, -0.05) is 18.0 Å². The van der Waals surface area contributed by atoms with Crippen molar-refractivity contribution in [3.05, 3.63) is 36.4 Å². The van der Waals surface area contributed by atoms with Gasteiger partial charge in [-0.2, -0.15) is 4.98 Å². The van der Waals surface area contributed by atoms with E-state index in [0.717, 1.165) is 42.3 Å². The number of hydrogen-bond acceptors (Lipinski definition) is 6. The van der Waals surface area contributed by atoms with Crippen molar-refractivity contribution in [2.24, 2.45) is 5.73 Å². The van der Waals surface area contributed by atoms with Gasteiger partial charge in [-0.15, -0.1) is 0 Å². The van der Waals surface area contributed by atoms with Crippen molar-refractivity contribution in [2.45, 2.75) is 31.2 Å². The highest BCUT2D eigenvalue weighted by atomic mass is 16.5. The van der Waals surface area contributed by atoms with Crippen molar-refractivity contribution < 1.29 is 4.52 Å². The van der Waals surface area contributed by atoms with E-state index in [4.69, 9.17) is 10.3 Å². The number of aromatic nitrogens is 4. The van der Waals surface area contributed by atoms with Crippen LogP contribution < -0.4 is 5.73 Å². The second-order valence-electron chi connectivity index (χ2n) is 5.55. The van der Waals surface area contributed by atoms with Crippen molar-refractivity contribution >= 4 is 11.0 Å². The average molecular weight is 281 g/mol. The van der Waals surface area contributed by atoms with Gasteiger partial charge in [0.1, 0.15) is 0 Å². The van der Waals surface area contributed by atoms with E-state index in [2.05, 4.69) is 20.1 Å². The molecule has 0 amide bonds. The molecule has 1 aliphatic rings. The van der Waals surface area contributed by atoms with Crippen LogP contribution in [0.2, 0.25) is 0 Å². The van der Waals surface area contributed by atoms with Gasteiger partial charge in [-0.25, -0.2) is 0 Å². The number of fused-ring (bicyclic) bond motifs is 1. The predicted octanol–water partition coefficient (Wildman–Crippen LogP) is 2.41. The molecule has 4 rings (SSSR count). The summed E-state index contributed by atoms with van der Waals surface area (Å²) in [5.74, 6) is 1.09. The quantitative estimate of drug-likeness (QED) is 0.775. The van der Waals surface area contributed by atoms with E-state index in [9.17, 15) is 0 Å². The van der Waals surface area contributed by atoms with Gasteiger partial charge in [0.25, 0.3) is 5.89 Å². The van der Waals surface area contributed by atoms with Crippen molar-refractivity contribution in [2.75, 3.05) is 0 Å². The molecule has 0 aliphatic heterocycles. The normalized spacial score (nSPS) is 17.4. The van der Waals surface area contributed by atoms with Crippen LogP contribution in [0.5, 0.6) is 0 Å². The summed E-state index contributed by atoms with van der Waals surface area (Å²) in [6.07, 6.45) is 7.39. The van der Waals surface area contributed by atoms with Gasteiger partial charge in [-0.3, -0.25) is 9.97 Å². The van der Waals surface area contributed by atoms with Crippen molar-refractivity contribution in [1.82, 2.24) is 20.1 Å². The molecule has 1 saturated carbocycles. The molecule has 3 aromatic rings. The van der Waals surface area contributed by atoms with E-state index < -0.39 is 5.54 Å². The third kappa shape index (κ3) is 2.08. The molecule has 0 saturated heterocycles. The highest BCUT2D eigenvalue weighted by molar-refractivity contribution is 5.79. The van der Waals surface area contributed by atoms with Gasteiger partial charge >= 0.3 is 0 Å². The minimum atomic E-state index is -0.432. The molecule has 1 aliphatic carbocycles. The van der Waals surface area contributed by atoms with Crippen molar-refractivity contribution in [3.8, 4) is 11.5 Å². The largest absolute Gasteiger partial charge is 0.334 e. The van der Waals surface area contributed by atoms with Gasteiger partial charge < -0.3 is 10.3 Å². The molecular weight excluding hydrogens is 266 g/mol. The SMILES string of the molecule is NC1(c2noc(-c3ccc4nccnc4c3)n2)CCCC1. The maximum Gasteiger partial charge on any atom is 0.258 e. The first kappa shape index (κ1) is 12.4. The number of nitrogens with zero attached hydrogens (tertiary/aromatic N) is 4. The highest BCUT2D eigenvalue weighted by Gasteiger charge is 2.36. The first-order valence-corrected chi connectivity index (χ1v) is 7.09. The van der Waals surface area contributed by atoms with Crippen LogP contribution in [0.25, 0.3) is 22.5 Å². The summed E-state index contributed by atoms with van der Waals surface area (Å²) in [6.45, 7) is 0. The zero-order valence-electron chi connectivity index (χ0n) is 11.5. The molecular formula is C15H15N5O. The van der Waals surface area contributed by atoms with Crippen LogP contribution in [0.4, 0.5) is 0 Å². The van der Waals surface area contributed by atoms with Gasteiger partial charge in [0.15, 0.2) is 5.82 Å². The lowest BCUT2D eigenvalue weighted by Gasteiger charge is -2.17. The Balaban J connectivity index is 1.73. The van der Waals surface area contributed by atoms with Crippen LogP contribution in [-0.2, 0) is 5.54 Å². The van der Waals surface area contributed by atoms with Crippen molar-refractivity contribution in [1.29, 1.82) is 0 Å². The first-order chi connectivity index (χ1) is 10.2. The van der Waals surface area contributed by atoms with Crippen LogP contribution in [0.1, 0.15) is 31.5 Å². The topological polar surface area (TPSA) is 90.7 Å². The highest BCUT2D eigenvalue weighted by Crippen LogP contribution is 2.35. The van der Waals surface area contributed by atoms with Gasteiger partial charge in [0.05, 0.1) is 16.6 Å². The fourth-order valence-corrected chi connectivity index (χ4v) is 2.87. The Morgan fingerprint density at radius 3 is 2.62 bits per heavy atom. The Labute approximate surface area is 121 Å². The molecule has 2 heterocycles. The molecule has 21 heavy (non-hydrogen) atoms. The molecule has 0 unspecified atom stereocenters. The van der Waals surface area contributed by atoms with E-state index in [0.29, 0.717) is 11.7 Å². The Kier molecular flexibility index (Phi) is 2.71. The van der Waals surface area contributed by atoms with Crippen LogP contribution in [0.3, 0.4) is 0 Å². The summed E-state index contributed by atoms with van der Waals surface area (Å²) in [5, 5.41) is 4.08. The molecule has 106 valence electrons. The van der Waals surface area contributed by atoms with Crippen LogP contribution >= 0.6 is 0 Å². The average Bonchev–Trinajstić information content (AvgIpc) is 3.17. The Morgan fingerprint density at radius 2 is 1.81 bits per heavy atom. The van der Waals surface area contributed by atoms with Crippen molar-refractivity contribution in [3.63, 3.8) is 0 Å². The predicted molar refractivity (Wildman–Crippen MR) is 77.2 cm³/mol. The van der Waals surface area contributed by atoms with E-state index >= 15 is 0 Å². The third-order valence-electron chi connectivity index (χ3n) is 4.08. The van der Waals surface area contributed by atoms with E-state index in [1.807, 2.05) is 18.2 Å². The Morgan fingerprint density at radius 1 is 1.05 bits per heavy atom. The minimum absolute atomic E-state index is 0.432. The number of hydrogen-bond donors (Lipinski definition) is 1. The fraction of sp³-hybridized carbons (Fsp3) is 0.333. The third-order valence-corrected chi connectivity index (χ3v) is 4.08. The number of benzene rings is 1. The van der Waals surface area contributed by atoms with Crippen LogP contribution in [0, 0.1) is 0 Å². The summed E-state index contributed by atoms with van der Waals surface area (Å²) in [4.78, 5) is 13.0. The summed E-state index contributed by atoms with van der Waals surface area (Å²) in [6, 6.07) is 5.71. The molecule has 6 heteroatoms.